The summed E-state index contributed by atoms with van der Waals surface area (Å²) >= 11 is 3.78. The molecule has 0 spiro atoms. The maximum Gasteiger partial charge on any atom is 0.582 e. The van der Waals surface area contributed by atoms with Crippen molar-refractivity contribution in [3.05, 3.63) is 0 Å². The molecule has 120 valence electrons. The highest BCUT2D eigenvalue weighted by atomic mass is 32.7. The number of hydrogen-bond acceptors (Lipinski definition) is 2. The highest BCUT2D eigenvalue weighted by molar-refractivity contribution is 8.39. The first-order chi connectivity index (χ1) is 8.91. The molecular formula is C16H34O2PS+. The van der Waals surface area contributed by atoms with Crippen molar-refractivity contribution in [2.24, 2.45) is 22.7 Å². The van der Waals surface area contributed by atoms with Crippen LogP contribution in [-0.2, 0) is 9.09 Å². The Morgan fingerprint density at radius 3 is 2.05 bits per heavy atom. The lowest BCUT2D eigenvalue weighted by Crippen LogP contribution is -2.20. The minimum atomic E-state index is -1.76. The van der Waals surface area contributed by atoms with Gasteiger partial charge in [-0.1, -0.05) is 54.9 Å². The summed E-state index contributed by atoms with van der Waals surface area (Å²) in [4.78, 5) is 0. The summed E-state index contributed by atoms with van der Waals surface area (Å²) in [5.74, 6) is 1.20. The standard InChI is InChI=1S/C16H33O2PS/c1-13(10-15(3,4)5)8-9-16(6,7)11-14(2)12-18-19(17)20/h13-14H,8-12H2,1-7H3/p+1. The molecule has 0 aromatic carbocycles. The molecule has 0 saturated carbocycles. The summed E-state index contributed by atoms with van der Waals surface area (Å²) in [6, 6.07) is 0. The number of rotatable bonds is 9. The predicted octanol–water partition coefficient (Wildman–Crippen LogP) is 6.50. The van der Waals surface area contributed by atoms with Gasteiger partial charge in [-0.3, -0.25) is 0 Å². The fourth-order valence-electron chi connectivity index (χ4n) is 3.08. The Balaban J connectivity index is 4.08. The Hall–Kier alpha value is 0.410. The number of hydrogen-bond donors (Lipinski definition) is 1. The first-order valence-corrected chi connectivity index (χ1v) is 10.0. The van der Waals surface area contributed by atoms with E-state index < -0.39 is 7.23 Å². The van der Waals surface area contributed by atoms with Crippen molar-refractivity contribution in [3.63, 3.8) is 0 Å². The van der Waals surface area contributed by atoms with Crippen LogP contribution in [0.5, 0.6) is 0 Å². The zero-order valence-corrected chi connectivity index (χ0v) is 16.2. The van der Waals surface area contributed by atoms with Crippen molar-refractivity contribution in [1.82, 2.24) is 0 Å². The smallest absolute Gasteiger partial charge is 0.136 e. The van der Waals surface area contributed by atoms with Gasteiger partial charge in [-0.25, -0.2) is 0 Å². The van der Waals surface area contributed by atoms with Crippen molar-refractivity contribution in [3.8, 4) is 0 Å². The molecule has 0 fully saturated rings. The third-order valence-corrected chi connectivity index (χ3v) is 4.36. The van der Waals surface area contributed by atoms with E-state index in [0.717, 1.165) is 12.3 Å². The third-order valence-electron chi connectivity index (χ3n) is 3.65. The van der Waals surface area contributed by atoms with E-state index >= 15 is 0 Å². The molecule has 0 radical (unpaired) electrons. The highest BCUT2D eigenvalue weighted by Crippen LogP contribution is 2.36. The van der Waals surface area contributed by atoms with Crippen molar-refractivity contribution in [2.75, 3.05) is 6.61 Å². The summed E-state index contributed by atoms with van der Waals surface area (Å²) in [5, 5.41) is 0. The van der Waals surface area contributed by atoms with Gasteiger partial charge < -0.3 is 0 Å². The second-order valence-corrected chi connectivity index (χ2v) is 10.1. The Labute approximate surface area is 132 Å². The van der Waals surface area contributed by atoms with Gasteiger partial charge >= 0.3 is 7.23 Å². The van der Waals surface area contributed by atoms with Crippen LogP contribution >= 0.6 is 19.5 Å². The van der Waals surface area contributed by atoms with Gasteiger partial charge in [0.2, 0.25) is 0 Å². The van der Waals surface area contributed by atoms with E-state index in [4.69, 9.17) is 4.52 Å². The van der Waals surface area contributed by atoms with E-state index in [1.54, 1.807) is 0 Å². The molecule has 0 bridgehead atoms. The summed E-state index contributed by atoms with van der Waals surface area (Å²) < 4.78 is 16.0. The SMILES string of the molecule is CC(CCC(C)(C)CC(C)CO[P+](=O)S)CC(C)(C)C. The molecule has 3 atom stereocenters. The first kappa shape index (κ1) is 20.4. The molecule has 0 aliphatic carbocycles. The van der Waals surface area contributed by atoms with Crippen molar-refractivity contribution < 1.29 is 9.09 Å². The quantitative estimate of drug-likeness (QED) is 0.388. The van der Waals surface area contributed by atoms with Crippen LogP contribution in [0.1, 0.15) is 74.1 Å². The second kappa shape index (κ2) is 8.76. The van der Waals surface area contributed by atoms with Gasteiger partial charge in [0.05, 0.1) is 0 Å². The summed E-state index contributed by atoms with van der Waals surface area (Å²) in [6.45, 7) is 16.7. The molecule has 3 unspecified atom stereocenters. The Morgan fingerprint density at radius 2 is 1.60 bits per heavy atom. The van der Waals surface area contributed by atoms with Crippen LogP contribution < -0.4 is 0 Å². The molecule has 0 rings (SSSR count). The van der Waals surface area contributed by atoms with Gasteiger partial charge in [0, 0.05) is 0 Å². The van der Waals surface area contributed by atoms with Crippen LogP contribution in [0.3, 0.4) is 0 Å². The van der Waals surface area contributed by atoms with Crippen molar-refractivity contribution >= 4 is 19.5 Å². The molecular weight excluding hydrogens is 287 g/mol. The Morgan fingerprint density at radius 1 is 1.05 bits per heavy atom. The van der Waals surface area contributed by atoms with Gasteiger partial charge in [0.25, 0.3) is 0 Å². The molecule has 0 aliphatic heterocycles. The molecule has 0 saturated heterocycles. The lowest BCUT2D eigenvalue weighted by atomic mass is 9.76. The molecule has 20 heavy (non-hydrogen) atoms. The Kier molecular flexibility index (Phi) is 8.94. The zero-order valence-electron chi connectivity index (χ0n) is 14.4. The fraction of sp³-hybridized carbons (Fsp3) is 1.00. The number of thiol groups is 1. The highest BCUT2D eigenvalue weighted by Gasteiger charge is 2.25. The lowest BCUT2D eigenvalue weighted by Gasteiger charge is -2.30. The van der Waals surface area contributed by atoms with Crippen LogP contribution in [0.2, 0.25) is 0 Å². The first-order valence-electron chi connectivity index (χ1n) is 7.70. The van der Waals surface area contributed by atoms with E-state index in [9.17, 15) is 4.57 Å². The maximum atomic E-state index is 10.9. The average molecular weight is 321 g/mol. The molecule has 0 aromatic rings. The van der Waals surface area contributed by atoms with E-state index in [-0.39, 0.29) is 0 Å². The van der Waals surface area contributed by atoms with E-state index in [1.807, 2.05) is 0 Å². The van der Waals surface area contributed by atoms with Crippen molar-refractivity contribution in [1.29, 1.82) is 0 Å². The normalized spacial score (nSPS) is 16.9. The molecule has 0 aliphatic rings. The van der Waals surface area contributed by atoms with Crippen LogP contribution in [0.4, 0.5) is 0 Å². The molecule has 0 heterocycles. The fourth-order valence-corrected chi connectivity index (χ4v) is 3.66. The Bertz CT molecular complexity index is 297. The van der Waals surface area contributed by atoms with Gasteiger partial charge in [0.15, 0.2) is 0 Å². The van der Waals surface area contributed by atoms with E-state index in [1.165, 1.54) is 19.3 Å². The third kappa shape index (κ3) is 12.2. The zero-order chi connectivity index (χ0) is 16.0. The monoisotopic (exact) mass is 321 g/mol. The summed E-state index contributed by atoms with van der Waals surface area (Å²) in [7, 11) is -1.76. The summed E-state index contributed by atoms with van der Waals surface area (Å²) in [5.41, 5.74) is 0.736. The van der Waals surface area contributed by atoms with Gasteiger partial charge in [0.1, 0.15) is 18.9 Å². The van der Waals surface area contributed by atoms with Gasteiger partial charge in [-0.05, 0) is 46.5 Å². The van der Waals surface area contributed by atoms with Crippen molar-refractivity contribution in [2.45, 2.75) is 74.1 Å². The van der Waals surface area contributed by atoms with Crippen LogP contribution in [-0.4, -0.2) is 6.61 Å². The molecule has 0 N–H and O–H groups in total. The predicted molar refractivity (Wildman–Crippen MR) is 92.6 cm³/mol. The van der Waals surface area contributed by atoms with Crippen LogP contribution in [0.15, 0.2) is 0 Å². The largest absolute Gasteiger partial charge is 0.582 e. The lowest BCUT2D eigenvalue weighted by molar-refractivity contribution is 0.181. The molecule has 0 amide bonds. The average Bonchev–Trinajstić information content (AvgIpc) is 2.21. The molecule has 4 heteroatoms. The second-order valence-electron chi connectivity index (χ2n) is 8.42. The summed E-state index contributed by atoms with van der Waals surface area (Å²) in [6.07, 6.45) is 4.90. The van der Waals surface area contributed by atoms with Crippen LogP contribution in [0, 0.1) is 22.7 Å². The maximum absolute atomic E-state index is 10.9. The topological polar surface area (TPSA) is 26.3 Å². The van der Waals surface area contributed by atoms with E-state index in [0.29, 0.717) is 23.4 Å². The molecule has 0 aromatic heterocycles. The van der Waals surface area contributed by atoms with Gasteiger partial charge in [-0.2, -0.15) is 0 Å². The van der Waals surface area contributed by atoms with E-state index in [2.05, 4.69) is 60.7 Å². The van der Waals surface area contributed by atoms with Gasteiger partial charge in [-0.15, -0.1) is 4.52 Å². The van der Waals surface area contributed by atoms with Crippen LogP contribution in [0.25, 0.3) is 0 Å². The minimum absolute atomic E-state index is 0.317. The minimum Gasteiger partial charge on any atom is -0.136 e. The molecule has 2 nitrogen and oxygen atoms in total.